The van der Waals surface area contributed by atoms with Gasteiger partial charge in [-0.2, -0.15) is 0 Å². The van der Waals surface area contributed by atoms with Crippen molar-refractivity contribution < 1.29 is 14.3 Å². The predicted molar refractivity (Wildman–Crippen MR) is 136 cm³/mol. The number of aliphatic hydroxyl groups excluding tert-OH is 1. The summed E-state index contributed by atoms with van der Waals surface area (Å²) in [5.41, 5.74) is 10.7. The third-order valence-electron chi connectivity index (χ3n) is 5.87. The lowest BCUT2D eigenvalue weighted by molar-refractivity contribution is 0.201. The van der Waals surface area contributed by atoms with E-state index in [-0.39, 0.29) is 6.61 Å². The predicted octanol–water partition coefficient (Wildman–Crippen LogP) is 3.90. The van der Waals surface area contributed by atoms with Gasteiger partial charge in [-0.1, -0.05) is 18.2 Å². The third-order valence-corrected chi connectivity index (χ3v) is 5.87. The largest absolute Gasteiger partial charge is 0.491 e. The number of aliphatic hydroxyl groups is 1. The monoisotopic (exact) mass is 460 g/mol. The van der Waals surface area contributed by atoms with Crippen molar-refractivity contribution in [3.8, 4) is 17.1 Å². The summed E-state index contributed by atoms with van der Waals surface area (Å²) in [7, 11) is 2.05. The van der Waals surface area contributed by atoms with Crippen LogP contribution in [0.15, 0.2) is 88.1 Å². The second kappa shape index (κ2) is 11.4. The summed E-state index contributed by atoms with van der Waals surface area (Å²) in [5, 5.41) is 8.86. The van der Waals surface area contributed by atoms with Crippen LogP contribution in [0.2, 0.25) is 0 Å². The summed E-state index contributed by atoms with van der Waals surface area (Å²) in [6.45, 7) is 2.67. The highest BCUT2D eigenvalue weighted by Crippen LogP contribution is 2.23. The van der Waals surface area contributed by atoms with Crippen LogP contribution in [0.25, 0.3) is 11.3 Å². The lowest BCUT2D eigenvalue weighted by Gasteiger charge is -2.29. The molecule has 2 aromatic carbocycles. The van der Waals surface area contributed by atoms with Crippen LogP contribution in [-0.2, 0) is 6.42 Å². The molecule has 0 atom stereocenters. The number of nitrogens with two attached hydrogens (primary N) is 1. The van der Waals surface area contributed by atoms with Crippen LogP contribution in [0.3, 0.4) is 0 Å². The van der Waals surface area contributed by atoms with E-state index in [1.807, 2.05) is 36.4 Å². The Hall–Kier alpha value is -3.71. The normalized spacial score (nSPS) is 13.4. The molecule has 0 aliphatic carbocycles. The van der Waals surface area contributed by atoms with E-state index < -0.39 is 0 Å². The summed E-state index contributed by atoms with van der Waals surface area (Å²) in [4.78, 5) is 8.92. The highest BCUT2D eigenvalue weighted by molar-refractivity contribution is 5.80. The van der Waals surface area contributed by atoms with Crippen molar-refractivity contribution in [2.45, 2.75) is 12.8 Å². The molecule has 0 amide bonds. The third kappa shape index (κ3) is 6.20. The first-order chi connectivity index (χ1) is 16.6. The zero-order valence-electron chi connectivity index (χ0n) is 19.6. The molecular weight excluding hydrogens is 428 g/mol. The molecule has 0 saturated carbocycles. The number of anilines is 1. The number of aliphatic imine (C=N–C) groups is 1. The van der Waals surface area contributed by atoms with Crippen LogP contribution in [0.4, 0.5) is 5.69 Å². The number of hydrogen-bond acceptors (Lipinski definition) is 7. The molecule has 2 heterocycles. The van der Waals surface area contributed by atoms with Crippen molar-refractivity contribution in [2.75, 3.05) is 44.8 Å². The first-order valence-corrected chi connectivity index (χ1v) is 11.6. The average Bonchev–Trinajstić information content (AvgIpc) is 3.41. The van der Waals surface area contributed by atoms with Crippen LogP contribution in [0.5, 0.6) is 5.75 Å². The second-order valence-corrected chi connectivity index (χ2v) is 8.28. The lowest BCUT2D eigenvalue weighted by Crippen LogP contribution is -2.43. The van der Waals surface area contributed by atoms with Gasteiger partial charge in [0.15, 0.2) is 5.96 Å². The van der Waals surface area contributed by atoms with E-state index in [4.69, 9.17) is 20.0 Å². The first-order valence-electron chi connectivity index (χ1n) is 11.6. The molecule has 1 aliphatic heterocycles. The van der Waals surface area contributed by atoms with E-state index in [1.165, 1.54) is 5.56 Å². The van der Waals surface area contributed by atoms with Crippen molar-refractivity contribution in [1.29, 1.82) is 0 Å². The molecule has 0 bridgehead atoms. The minimum Gasteiger partial charge on any atom is -0.491 e. The van der Waals surface area contributed by atoms with Gasteiger partial charge in [-0.15, -0.1) is 0 Å². The minimum atomic E-state index is 0.00952. The molecule has 34 heavy (non-hydrogen) atoms. The fourth-order valence-electron chi connectivity index (χ4n) is 3.89. The highest BCUT2D eigenvalue weighted by atomic mass is 16.5. The fourth-order valence-corrected chi connectivity index (χ4v) is 3.89. The Labute approximate surface area is 200 Å². The summed E-state index contributed by atoms with van der Waals surface area (Å²) in [6, 6.07) is 20.2. The summed E-state index contributed by atoms with van der Waals surface area (Å²) in [6.07, 6.45) is 5.61. The number of hydrogen-bond donors (Lipinski definition) is 2. The number of aryl methyl sites for hydroxylation is 1. The molecule has 4 rings (SSSR count). The molecule has 0 fully saturated rings. The van der Waals surface area contributed by atoms with Gasteiger partial charge >= 0.3 is 0 Å². The van der Waals surface area contributed by atoms with E-state index >= 15 is 0 Å². The van der Waals surface area contributed by atoms with Gasteiger partial charge in [-0.3, -0.25) is 0 Å². The van der Waals surface area contributed by atoms with Crippen LogP contribution in [0, 0.1) is 0 Å². The van der Waals surface area contributed by atoms with Gasteiger partial charge in [-0.25, -0.2) is 4.99 Å². The molecule has 3 aromatic rings. The van der Waals surface area contributed by atoms with Gasteiger partial charge in [0.05, 0.1) is 12.9 Å². The fraction of sp³-hybridized carbons (Fsp3) is 0.296. The molecule has 7 nitrogen and oxygen atoms in total. The van der Waals surface area contributed by atoms with Crippen molar-refractivity contribution >= 4 is 11.6 Å². The average molecular weight is 461 g/mol. The number of ether oxygens (including phenoxy) is 1. The molecule has 0 spiro atoms. The van der Waals surface area contributed by atoms with E-state index in [0.29, 0.717) is 12.6 Å². The number of benzene rings is 2. The van der Waals surface area contributed by atoms with E-state index in [9.17, 15) is 0 Å². The topological polar surface area (TPSA) is 87.5 Å². The highest BCUT2D eigenvalue weighted by Gasteiger charge is 2.14. The van der Waals surface area contributed by atoms with E-state index in [2.05, 4.69) is 52.2 Å². The van der Waals surface area contributed by atoms with Crippen LogP contribution < -0.4 is 15.4 Å². The Kier molecular flexibility index (Phi) is 7.88. The van der Waals surface area contributed by atoms with Crippen molar-refractivity contribution in [2.24, 2.45) is 10.7 Å². The molecule has 7 heteroatoms. The lowest BCUT2D eigenvalue weighted by atomic mass is 10.0. The van der Waals surface area contributed by atoms with Crippen LogP contribution in [0.1, 0.15) is 12.0 Å². The van der Waals surface area contributed by atoms with Gasteiger partial charge in [0.2, 0.25) is 0 Å². The Balaban J connectivity index is 1.25. The SMILES string of the molecule is CN(CCN1CC=C(CCc2cccc(-c3ccco3)c2)N=C1N)c1ccc(OCCO)cc1. The molecule has 1 aromatic heterocycles. The molecule has 0 radical (unpaired) electrons. The maximum atomic E-state index is 8.86. The number of furan rings is 1. The maximum Gasteiger partial charge on any atom is 0.196 e. The minimum absolute atomic E-state index is 0.00952. The quantitative estimate of drug-likeness (QED) is 0.451. The van der Waals surface area contributed by atoms with Crippen LogP contribution >= 0.6 is 0 Å². The van der Waals surface area contributed by atoms with Crippen molar-refractivity contribution in [1.82, 2.24) is 4.90 Å². The van der Waals surface area contributed by atoms with Gasteiger partial charge in [0.1, 0.15) is 18.1 Å². The standard InChI is InChI=1S/C27H32N4O3/c1-30(24-9-11-25(12-10-24)33-19-17-32)15-16-31-14-13-23(29-27(31)28)8-7-21-4-2-5-22(20-21)26-6-3-18-34-26/h2-6,9-13,18,20,32H,7-8,14-17,19H2,1H3,(H2,28,29). The number of rotatable bonds is 11. The first kappa shape index (κ1) is 23.4. The summed E-state index contributed by atoms with van der Waals surface area (Å²) < 4.78 is 10.9. The van der Waals surface area contributed by atoms with E-state index in [0.717, 1.165) is 60.9 Å². The second-order valence-electron chi connectivity index (χ2n) is 8.28. The Morgan fingerprint density at radius 3 is 2.71 bits per heavy atom. The number of likely N-dealkylation sites (N-methyl/N-ethyl adjacent to an activating group) is 1. The Morgan fingerprint density at radius 2 is 1.97 bits per heavy atom. The smallest absolute Gasteiger partial charge is 0.196 e. The molecule has 3 N–H and O–H groups in total. The molecular formula is C27H32N4O3. The zero-order valence-corrected chi connectivity index (χ0v) is 19.6. The van der Waals surface area contributed by atoms with Crippen molar-refractivity contribution in [3.63, 3.8) is 0 Å². The number of guanidine groups is 1. The van der Waals surface area contributed by atoms with Crippen LogP contribution in [-0.4, -0.2) is 55.9 Å². The Bertz CT molecular complexity index is 1110. The van der Waals surface area contributed by atoms with Crippen molar-refractivity contribution in [3.05, 3.63) is 84.3 Å². The number of nitrogens with zero attached hydrogens (tertiary/aromatic N) is 3. The zero-order chi connectivity index (χ0) is 23.8. The van der Waals surface area contributed by atoms with Gasteiger partial charge in [0.25, 0.3) is 0 Å². The Morgan fingerprint density at radius 1 is 1.12 bits per heavy atom. The molecule has 1 aliphatic rings. The van der Waals surface area contributed by atoms with Gasteiger partial charge < -0.3 is 29.8 Å². The maximum absolute atomic E-state index is 8.86. The molecule has 178 valence electrons. The van der Waals surface area contributed by atoms with Gasteiger partial charge in [-0.05, 0) is 66.9 Å². The molecule has 0 saturated heterocycles. The van der Waals surface area contributed by atoms with E-state index in [1.54, 1.807) is 6.26 Å². The molecule has 0 unspecified atom stereocenters. The summed E-state index contributed by atoms with van der Waals surface area (Å²) >= 11 is 0. The number of allylic oxidation sites excluding steroid dienone is 1. The van der Waals surface area contributed by atoms with Gasteiger partial charge in [0, 0.05) is 43.6 Å². The summed E-state index contributed by atoms with van der Waals surface area (Å²) in [5.74, 6) is 2.21.